The van der Waals surface area contributed by atoms with Crippen molar-refractivity contribution in [1.29, 1.82) is 0 Å². The molecule has 1 heterocycles. The van der Waals surface area contributed by atoms with Gasteiger partial charge in [-0.3, -0.25) is 9.78 Å². The Hall–Kier alpha value is -3.35. The van der Waals surface area contributed by atoms with E-state index >= 15 is 0 Å². The zero-order chi connectivity index (χ0) is 20.1. The van der Waals surface area contributed by atoms with Crippen LogP contribution in [0.3, 0.4) is 0 Å². The Balaban J connectivity index is 1.93. The minimum absolute atomic E-state index is 0.0303. The van der Waals surface area contributed by atoms with Crippen molar-refractivity contribution in [3.63, 3.8) is 0 Å². The number of halogens is 1. The highest BCUT2D eigenvalue weighted by Gasteiger charge is 2.48. The maximum atomic E-state index is 13.3. The average molecular weight is 380 g/mol. The second-order valence-corrected chi connectivity index (χ2v) is 6.81. The van der Waals surface area contributed by atoms with E-state index in [4.69, 9.17) is 0 Å². The second kappa shape index (κ2) is 8.12. The van der Waals surface area contributed by atoms with Gasteiger partial charge in [0.15, 0.2) is 0 Å². The Kier molecular flexibility index (Phi) is 5.63. The highest BCUT2D eigenvalue weighted by Crippen LogP contribution is 2.47. The van der Waals surface area contributed by atoms with Crippen LogP contribution in [0.25, 0.3) is 0 Å². The van der Waals surface area contributed by atoms with Gasteiger partial charge in [0.25, 0.3) is 5.91 Å². The number of rotatable bonds is 5. The molecule has 6 nitrogen and oxygen atoms in total. The topological polar surface area (TPSA) is 94.5 Å². The number of amides is 1. The number of allylic oxidation sites excluding steroid dienone is 2. The fraction of sp³-hybridized carbons (Fsp3) is 0.238. The number of carbonyl (C=O) groups is 2. The van der Waals surface area contributed by atoms with E-state index in [2.05, 4.69) is 15.5 Å². The van der Waals surface area contributed by atoms with Crippen molar-refractivity contribution in [2.24, 2.45) is 10.5 Å². The van der Waals surface area contributed by atoms with Gasteiger partial charge in [-0.05, 0) is 43.5 Å². The molecule has 1 aliphatic rings. The van der Waals surface area contributed by atoms with Crippen LogP contribution in [0.4, 0.5) is 4.39 Å². The molecular formula is C21H19FN3O3-. The van der Waals surface area contributed by atoms with Gasteiger partial charge in [-0.1, -0.05) is 29.8 Å². The first kappa shape index (κ1) is 19.4. The molecule has 144 valence electrons. The Labute approximate surface area is 161 Å². The van der Waals surface area contributed by atoms with Crippen LogP contribution in [-0.4, -0.2) is 23.1 Å². The molecule has 1 aromatic heterocycles. The summed E-state index contributed by atoms with van der Waals surface area (Å²) in [6.45, 7) is 1.87. The lowest BCUT2D eigenvalue weighted by Gasteiger charge is -2.42. The molecule has 0 fully saturated rings. The molecule has 1 aliphatic carbocycles. The van der Waals surface area contributed by atoms with Gasteiger partial charge < -0.3 is 9.90 Å². The smallest absolute Gasteiger partial charge is 0.252 e. The molecule has 1 aromatic carbocycles. The van der Waals surface area contributed by atoms with Crippen LogP contribution in [0.1, 0.15) is 36.8 Å². The summed E-state index contributed by atoms with van der Waals surface area (Å²) in [6.07, 6.45) is 6.57. The predicted octanol–water partition coefficient (Wildman–Crippen LogP) is 1.93. The number of benzene rings is 1. The van der Waals surface area contributed by atoms with Crippen molar-refractivity contribution < 1.29 is 19.1 Å². The minimum Gasteiger partial charge on any atom is -0.549 e. The Morgan fingerprint density at radius 2 is 2.07 bits per heavy atom. The van der Waals surface area contributed by atoms with E-state index in [1.54, 1.807) is 30.6 Å². The Morgan fingerprint density at radius 3 is 2.71 bits per heavy atom. The van der Waals surface area contributed by atoms with Crippen LogP contribution in [0.5, 0.6) is 0 Å². The Morgan fingerprint density at radius 1 is 1.32 bits per heavy atom. The third-order valence-electron chi connectivity index (χ3n) is 5.00. The highest BCUT2D eigenvalue weighted by molar-refractivity contribution is 6.03. The third-order valence-corrected chi connectivity index (χ3v) is 5.00. The summed E-state index contributed by atoms with van der Waals surface area (Å²) >= 11 is 0. The first-order chi connectivity index (χ1) is 13.4. The van der Waals surface area contributed by atoms with Crippen molar-refractivity contribution in [1.82, 2.24) is 10.4 Å². The standard InChI is InChI=1S/C21H20FN3O3/c1-14-8-9-21(20(27)28,18(11-14)16-4-6-17(22)7-5-16)19(26)25-24-13-15-3-2-10-23-12-15/h2-8,10,12-13,18H,9,11H2,1H3,(H,25,26)(H,27,28)/p-1/b24-13-/t18-,21+/m1/s1. The number of aromatic nitrogens is 1. The number of carboxylic acid groups (broad SMARTS) is 1. The average Bonchev–Trinajstić information content (AvgIpc) is 2.69. The molecule has 28 heavy (non-hydrogen) atoms. The first-order valence-corrected chi connectivity index (χ1v) is 8.79. The van der Waals surface area contributed by atoms with Crippen molar-refractivity contribution in [3.8, 4) is 0 Å². The number of hydrazone groups is 1. The number of hydrogen-bond donors (Lipinski definition) is 1. The SMILES string of the molecule is CC1=CC[C@@](C(=O)[O-])(C(=O)N/N=C\c2cccnc2)[C@@H](c2ccc(F)cc2)C1. The van der Waals surface area contributed by atoms with E-state index in [1.807, 2.05) is 6.92 Å². The van der Waals surface area contributed by atoms with E-state index in [0.717, 1.165) is 5.57 Å². The number of carbonyl (C=O) groups excluding carboxylic acids is 2. The van der Waals surface area contributed by atoms with Crippen molar-refractivity contribution >= 4 is 18.1 Å². The van der Waals surface area contributed by atoms with Gasteiger partial charge in [-0.25, -0.2) is 9.82 Å². The molecule has 2 atom stereocenters. The summed E-state index contributed by atoms with van der Waals surface area (Å²) in [5, 5.41) is 16.0. The normalized spacial score (nSPS) is 21.9. The lowest BCUT2D eigenvalue weighted by atomic mass is 9.64. The molecule has 0 saturated heterocycles. The predicted molar refractivity (Wildman–Crippen MR) is 99.5 cm³/mol. The van der Waals surface area contributed by atoms with Crippen molar-refractivity contribution in [2.45, 2.75) is 25.7 Å². The van der Waals surface area contributed by atoms with Gasteiger partial charge >= 0.3 is 0 Å². The molecular weight excluding hydrogens is 361 g/mol. The summed E-state index contributed by atoms with van der Waals surface area (Å²) < 4.78 is 13.3. The van der Waals surface area contributed by atoms with Crippen LogP contribution in [0, 0.1) is 11.2 Å². The summed E-state index contributed by atoms with van der Waals surface area (Å²) in [5.41, 5.74) is 2.65. The van der Waals surface area contributed by atoms with Gasteiger partial charge in [-0.2, -0.15) is 5.10 Å². The number of nitrogens with zero attached hydrogens (tertiary/aromatic N) is 2. The molecule has 0 saturated carbocycles. The maximum absolute atomic E-state index is 13.3. The van der Waals surface area contributed by atoms with Gasteiger partial charge in [0.1, 0.15) is 11.2 Å². The van der Waals surface area contributed by atoms with E-state index < -0.39 is 29.0 Å². The summed E-state index contributed by atoms with van der Waals surface area (Å²) in [6, 6.07) is 8.96. The molecule has 3 rings (SSSR count). The van der Waals surface area contributed by atoms with Crippen molar-refractivity contribution in [3.05, 3.63) is 77.4 Å². The van der Waals surface area contributed by atoms with Crippen LogP contribution >= 0.6 is 0 Å². The molecule has 0 spiro atoms. The molecule has 2 aromatic rings. The highest BCUT2D eigenvalue weighted by atomic mass is 19.1. The van der Waals surface area contributed by atoms with Gasteiger partial charge in [0.05, 0.1) is 12.2 Å². The number of nitrogens with one attached hydrogen (secondary N) is 1. The fourth-order valence-corrected chi connectivity index (χ4v) is 3.44. The van der Waals surface area contributed by atoms with Gasteiger partial charge in [0.2, 0.25) is 0 Å². The zero-order valence-electron chi connectivity index (χ0n) is 15.3. The minimum atomic E-state index is -1.84. The van der Waals surface area contributed by atoms with E-state index in [9.17, 15) is 19.1 Å². The molecule has 0 bridgehead atoms. The molecule has 1 N–H and O–H groups in total. The lowest BCUT2D eigenvalue weighted by molar-refractivity contribution is -0.318. The lowest BCUT2D eigenvalue weighted by Crippen LogP contribution is -2.55. The summed E-state index contributed by atoms with van der Waals surface area (Å²) in [5.74, 6) is -3.39. The van der Waals surface area contributed by atoms with Gasteiger partial charge in [-0.15, -0.1) is 0 Å². The molecule has 7 heteroatoms. The number of aliphatic carboxylic acids is 1. The monoisotopic (exact) mass is 380 g/mol. The van der Waals surface area contributed by atoms with Crippen molar-refractivity contribution in [2.75, 3.05) is 0 Å². The first-order valence-electron chi connectivity index (χ1n) is 8.79. The van der Waals surface area contributed by atoms with Crippen LogP contribution in [0.2, 0.25) is 0 Å². The van der Waals surface area contributed by atoms with E-state index in [-0.39, 0.29) is 6.42 Å². The molecule has 0 aliphatic heterocycles. The third kappa shape index (κ3) is 3.83. The fourth-order valence-electron chi connectivity index (χ4n) is 3.44. The van der Waals surface area contributed by atoms with Crippen LogP contribution < -0.4 is 10.5 Å². The van der Waals surface area contributed by atoms with Crippen LogP contribution in [0.15, 0.2) is 65.5 Å². The summed E-state index contributed by atoms with van der Waals surface area (Å²) in [7, 11) is 0. The number of pyridine rings is 1. The molecule has 1 amide bonds. The van der Waals surface area contributed by atoms with Gasteiger partial charge in [0, 0.05) is 23.9 Å². The number of hydrogen-bond acceptors (Lipinski definition) is 5. The molecule has 0 radical (unpaired) electrons. The van der Waals surface area contributed by atoms with E-state index in [1.165, 1.54) is 30.5 Å². The van der Waals surface area contributed by atoms with Crippen LogP contribution in [-0.2, 0) is 9.59 Å². The zero-order valence-corrected chi connectivity index (χ0v) is 15.3. The maximum Gasteiger partial charge on any atom is 0.252 e. The molecule has 0 unspecified atom stereocenters. The summed E-state index contributed by atoms with van der Waals surface area (Å²) in [4.78, 5) is 29.1. The largest absolute Gasteiger partial charge is 0.549 e. The van der Waals surface area contributed by atoms with E-state index in [0.29, 0.717) is 17.5 Å². The quantitative estimate of drug-likeness (QED) is 0.371. The number of carboxylic acids is 1. The Bertz CT molecular complexity index is 926. The second-order valence-electron chi connectivity index (χ2n) is 6.81.